The first-order chi connectivity index (χ1) is 3.27. The molecule has 0 saturated carbocycles. The molecule has 0 amide bonds. The number of hydrogen-bond donors (Lipinski definition) is 0. The molecule has 0 spiro atoms. The minimum atomic E-state index is 0. The van der Waals surface area contributed by atoms with Gasteiger partial charge in [-0.3, -0.25) is 0 Å². The fraction of sp³-hybridized carbons (Fsp3) is 1.00. The van der Waals surface area contributed by atoms with Crippen LogP contribution in [0.4, 0.5) is 0 Å². The van der Waals surface area contributed by atoms with Crippen molar-refractivity contribution >= 4 is 8.41 Å². The largest absolute Gasteiger partial charge is 0.309 e. The van der Waals surface area contributed by atoms with Gasteiger partial charge in [-0.15, -0.1) is 0 Å². The summed E-state index contributed by atoms with van der Waals surface area (Å²) in [6.07, 6.45) is 2.63. The molecule has 0 aromatic heterocycles. The van der Waals surface area contributed by atoms with E-state index in [4.69, 9.17) is 0 Å². The predicted molar refractivity (Wildman–Crippen MR) is 39.2 cm³/mol. The fourth-order valence-electron chi connectivity index (χ4n) is 0.474. The summed E-state index contributed by atoms with van der Waals surface area (Å²) in [5, 5.41) is 0. The van der Waals surface area contributed by atoms with Crippen molar-refractivity contribution in [2.75, 3.05) is 20.6 Å². The lowest BCUT2D eigenvalue weighted by molar-refractivity contribution is 0.398. The van der Waals surface area contributed by atoms with Crippen molar-refractivity contribution in [3.63, 3.8) is 0 Å². The second kappa shape index (κ2) is 7.02. The summed E-state index contributed by atoms with van der Waals surface area (Å²) in [5.74, 6) is 0. The fourth-order valence-corrected chi connectivity index (χ4v) is 0.474. The van der Waals surface area contributed by atoms with Crippen LogP contribution in [0.1, 0.15) is 19.8 Å². The molecule has 0 atom stereocenters. The standard InChI is InChI=1S/C6H15N.B/c1-4-5-6-7(2)3;/h4-6H2,1-3H3;. The van der Waals surface area contributed by atoms with E-state index in [0.717, 1.165) is 0 Å². The highest BCUT2D eigenvalue weighted by Gasteiger charge is 1.83. The average Bonchev–Trinajstić information content (AvgIpc) is 1.61. The Hall–Kier alpha value is 0.0249. The highest BCUT2D eigenvalue weighted by molar-refractivity contribution is 5.75. The van der Waals surface area contributed by atoms with Crippen molar-refractivity contribution in [2.45, 2.75) is 19.8 Å². The average molecular weight is 112 g/mol. The Kier molecular flexibility index (Phi) is 9.58. The van der Waals surface area contributed by atoms with Crippen LogP contribution in [0.3, 0.4) is 0 Å². The van der Waals surface area contributed by atoms with Crippen LogP contribution in [0.2, 0.25) is 0 Å². The van der Waals surface area contributed by atoms with Crippen LogP contribution in [0, 0.1) is 0 Å². The molecular weight excluding hydrogens is 96.9 g/mol. The minimum absolute atomic E-state index is 0. The zero-order valence-electron chi connectivity index (χ0n) is 6.15. The third-order valence-corrected chi connectivity index (χ3v) is 0.959. The van der Waals surface area contributed by atoms with Gasteiger partial charge in [0, 0.05) is 8.41 Å². The Morgan fingerprint density at radius 3 is 1.88 bits per heavy atom. The molecule has 0 rings (SSSR count). The maximum absolute atomic E-state index is 2.21. The van der Waals surface area contributed by atoms with E-state index in [9.17, 15) is 0 Å². The Morgan fingerprint density at radius 1 is 1.25 bits per heavy atom. The van der Waals surface area contributed by atoms with Crippen molar-refractivity contribution < 1.29 is 0 Å². The molecule has 0 fully saturated rings. The van der Waals surface area contributed by atoms with Gasteiger partial charge in [0.1, 0.15) is 0 Å². The summed E-state index contributed by atoms with van der Waals surface area (Å²) in [7, 11) is 4.21. The maximum Gasteiger partial charge on any atom is 0 e. The lowest BCUT2D eigenvalue weighted by Crippen LogP contribution is -2.12. The van der Waals surface area contributed by atoms with Gasteiger partial charge in [0.2, 0.25) is 0 Å². The molecule has 0 aromatic carbocycles. The van der Waals surface area contributed by atoms with Crippen LogP contribution in [-0.4, -0.2) is 34.0 Å². The Labute approximate surface area is 54.6 Å². The highest BCUT2D eigenvalue weighted by atomic mass is 15.0. The second-order valence-corrected chi connectivity index (χ2v) is 2.16. The van der Waals surface area contributed by atoms with Gasteiger partial charge in [0.15, 0.2) is 0 Å². The maximum atomic E-state index is 2.21. The molecule has 0 aromatic rings. The molecule has 1 nitrogen and oxygen atoms in total. The molecule has 0 bridgehead atoms. The molecule has 0 aliphatic rings. The molecule has 8 heavy (non-hydrogen) atoms. The highest BCUT2D eigenvalue weighted by Crippen LogP contribution is 1.86. The van der Waals surface area contributed by atoms with Crippen LogP contribution in [-0.2, 0) is 0 Å². The zero-order chi connectivity index (χ0) is 5.70. The number of hydrogen-bond acceptors (Lipinski definition) is 1. The topological polar surface area (TPSA) is 3.24 Å². The van der Waals surface area contributed by atoms with Crippen molar-refractivity contribution in [1.82, 2.24) is 4.90 Å². The molecule has 0 saturated heterocycles. The van der Waals surface area contributed by atoms with Gasteiger partial charge in [-0.25, -0.2) is 0 Å². The summed E-state index contributed by atoms with van der Waals surface area (Å²) >= 11 is 0. The summed E-state index contributed by atoms with van der Waals surface area (Å²) < 4.78 is 0. The van der Waals surface area contributed by atoms with Crippen LogP contribution in [0.25, 0.3) is 0 Å². The molecule has 2 heteroatoms. The summed E-state index contributed by atoms with van der Waals surface area (Å²) in [6, 6.07) is 0. The van der Waals surface area contributed by atoms with Crippen molar-refractivity contribution in [1.29, 1.82) is 0 Å². The van der Waals surface area contributed by atoms with E-state index < -0.39 is 0 Å². The van der Waals surface area contributed by atoms with Crippen LogP contribution in [0.5, 0.6) is 0 Å². The minimum Gasteiger partial charge on any atom is -0.309 e. The van der Waals surface area contributed by atoms with Gasteiger partial charge in [-0.2, -0.15) is 0 Å². The van der Waals surface area contributed by atoms with Gasteiger partial charge in [-0.1, -0.05) is 13.3 Å². The molecule has 0 unspecified atom stereocenters. The lowest BCUT2D eigenvalue weighted by atomic mass is 10.3. The Bertz CT molecular complexity index is 37.5. The predicted octanol–water partition coefficient (Wildman–Crippen LogP) is 0.967. The van der Waals surface area contributed by atoms with E-state index in [1.165, 1.54) is 19.4 Å². The van der Waals surface area contributed by atoms with Gasteiger partial charge < -0.3 is 4.90 Å². The first-order valence-corrected chi connectivity index (χ1v) is 2.92. The van der Waals surface area contributed by atoms with E-state index in [2.05, 4.69) is 25.9 Å². The molecule has 3 radical (unpaired) electrons. The molecule has 0 N–H and O–H groups in total. The van der Waals surface area contributed by atoms with Gasteiger partial charge in [-0.05, 0) is 27.1 Å². The van der Waals surface area contributed by atoms with Gasteiger partial charge >= 0.3 is 0 Å². The SMILES string of the molecule is CCCCN(C)C.[B]. The van der Waals surface area contributed by atoms with E-state index >= 15 is 0 Å². The van der Waals surface area contributed by atoms with E-state index in [1.807, 2.05) is 0 Å². The van der Waals surface area contributed by atoms with E-state index in [1.54, 1.807) is 0 Å². The van der Waals surface area contributed by atoms with Gasteiger partial charge in [0.05, 0.1) is 0 Å². The quantitative estimate of drug-likeness (QED) is 0.491. The third-order valence-electron chi connectivity index (χ3n) is 0.959. The first-order valence-electron chi connectivity index (χ1n) is 2.92. The molecule has 0 heterocycles. The Balaban J connectivity index is 0. The molecular formula is C6H15BN. The van der Waals surface area contributed by atoms with Crippen molar-refractivity contribution in [3.05, 3.63) is 0 Å². The molecule has 0 aliphatic heterocycles. The number of unbranched alkanes of at least 4 members (excludes halogenated alkanes) is 1. The first kappa shape index (κ1) is 10.9. The smallest absolute Gasteiger partial charge is 0 e. The van der Waals surface area contributed by atoms with Crippen LogP contribution in [0.15, 0.2) is 0 Å². The lowest BCUT2D eigenvalue weighted by Gasteiger charge is -2.05. The summed E-state index contributed by atoms with van der Waals surface area (Å²) in [5.41, 5.74) is 0. The normalized spacial score (nSPS) is 9.00. The third kappa shape index (κ3) is 9.39. The Morgan fingerprint density at radius 2 is 1.75 bits per heavy atom. The van der Waals surface area contributed by atoms with Crippen molar-refractivity contribution in [2.24, 2.45) is 0 Å². The summed E-state index contributed by atoms with van der Waals surface area (Å²) in [6.45, 7) is 3.44. The van der Waals surface area contributed by atoms with E-state index in [-0.39, 0.29) is 8.41 Å². The number of nitrogens with zero attached hydrogens (tertiary/aromatic N) is 1. The second-order valence-electron chi connectivity index (χ2n) is 2.16. The molecule has 0 aliphatic carbocycles. The number of rotatable bonds is 3. The van der Waals surface area contributed by atoms with E-state index in [0.29, 0.717) is 0 Å². The molecule has 47 valence electrons. The van der Waals surface area contributed by atoms with Gasteiger partial charge in [0.25, 0.3) is 0 Å². The monoisotopic (exact) mass is 112 g/mol. The van der Waals surface area contributed by atoms with Crippen LogP contribution < -0.4 is 0 Å². The van der Waals surface area contributed by atoms with Crippen LogP contribution >= 0.6 is 0 Å². The summed E-state index contributed by atoms with van der Waals surface area (Å²) in [4.78, 5) is 2.21. The zero-order valence-corrected chi connectivity index (χ0v) is 6.15. The van der Waals surface area contributed by atoms with Crippen molar-refractivity contribution in [3.8, 4) is 0 Å².